The number of anilines is 1. The van der Waals surface area contributed by atoms with Crippen LogP contribution in [0.15, 0.2) is 46.2 Å². The Morgan fingerprint density at radius 2 is 2.18 bits per heavy atom. The Labute approximate surface area is 132 Å². The lowest BCUT2D eigenvalue weighted by Gasteiger charge is -2.10. The van der Waals surface area contributed by atoms with Crippen LogP contribution in [-0.4, -0.2) is 25.0 Å². The fourth-order valence-corrected chi connectivity index (χ4v) is 2.31. The Bertz CT molecular complexity index is 641. The smallest absolute Gasteiger partial charge is 0.265 e. The molecule has 1 aromatic carbocycles. The molecule has 116 valence electrons. The van der Waals surface area contributed by atoms with Gasteiger partial charge in [-0.1, -0.05) is 17.3 Å². The molecule has 0 saturated carbocycles. The quantitative estimate of drug-likeness (QED) is 0.466. The minimum absolute atomic E-state index is 0.231. The largest absolute Gasteiger partial charge is 0.492 e. The highest BCUT2D eigenvalue weighted by molar-refractivity contribution is 7.08. The summed E-state index contributed by atoms with van der Waals surface area (Å²) in [5.74, 6) is 0.512. The molecule has 0 spiro atoms. The summed E-state index contributed by atoms with van der Waals surface area (Å²) in [5, 5.41) is 10.2. The van der Waals surface area contributed by atoms with Gasteiger partial charge in [0, 0.05) is 10.9 Å². The molecule has 3 N–H and O–H groups in total. The van der Waals surface area contributed by atoms with Crippen molar-refractivity contribution in [2.75, 3.05) is 18.5 Å². The maximum absolute atomic E-state index is 11.8. The van der Waals surface area contributed by atoms with Crippen LogP contribution in [0.3, 0.4) is 0 Å². The van der Waals surface area contributed by atoms with E-state index in [1.54, 1.807) is 12.1 Å². The molecule has 2 rings (SSSR count). The first-order chi connectivity index (χ1) is 10.7. The number of nitrogens with zero attached hydrogens (tertiary/aromatic N) is 1. The van der Waals surface area contributed by atoms with E-state index in [-0.39, 0.29) is 18.3 Å². The molecule has 0 atom stereocenters. The minimum Gasteiger partial charge on any atom is -0.492 e. The molecule has 1 aromatic heterocycles. The number of nitrogens with one attached hydrogen (secondary N) is 1. The second kappa shape index (κ2) is 8.04. The van der Waals surface area contributed by atoms with Gasteiger partial charge in [0.05, 0.1) is 12.3 Å². The summed E-state index contributed by atoms with van der Waals surface area (Å²) in [6.07, 6.45) is 0. The third-order valence-corrected chi connectivity index (χ3v) is 3.32. The molecule has 7 heteroatoms. The highest BCUT2D eigenvalue weighted by atomic mass is 32.1. The van der Waals surface area contributed by atoms with Gasteiger partial charge < -0.3 is 20.6 Å². The van der Waals surface area contributed by atoms with Gasteiger partial charge in [-0.05, 0) is 30.5 Å². The van der Waals surface area contributed by atoms with Crippen LogP contribution < -0.4 is 15.8 Å². The first kappa shape index (κ1) is 15.8. The average Bonchev–Trinajstić information content (AvgIpc) is 3.04. The van der Waals surface area contributed by atoms with Crippen molar-refractivity contribution in [1.29, 1.82) is 0 Å². The van der Waals surface area contributed by atoms with Gasteiger partial charge in [0.25, 0.3) is 5.91 Å². The lowest BCUT2D eigenvalue weighted by Crippen LogP contribution is -2.19. The third kappa shape index (κ3) is 4.49. The van der Waals surface area contributed by atoms with E-state index >= 15 is 0 Å². The molecular weight excluding hydrogens is 302 g/mol. The van der Waals surface area contributed by atoms with E-state index in [1.807, 2.05) is 35.9 Å². The van der Waals surface area contributed by atoms with E-state index in [0.29, 0.717) is 18.0 Å². The number of oxime groups is 1. The van der Waals surface area contributed by atoms with Gasteiger partial charge in [0.15, 0.2) is 12.4 Å². The molecule has 22 heavy (non-hydrogen) atoms. The maximum atomic E-state index is 11.8. The van der Waals surface area contributed by atoms with Crippen LogP contribution >= 0.6 is 11.3 Å². The molecule has 0 aliphatic heterocycles. The zero-order valence-corrected chi connectivity index (χ0v) is 12.9. The number of hydrogen-bond acceptors (Lipinski definition) is 5. The van der Waals surface area contributed by atoms with Gasteiger partial charge in [-0.15, -0.1) is 0 Å². The summed E-state index contributed by atoms with van der Waals surface area (Å²) >= 11 is 1.51. The Morgan fingerprint density at radius 1 is 1.36 bits per heavy atom. The van der Waals surface area contributed by atoms with E-state index in [0.717, 1.165) is 5.56 Å². The predicted molar refractivity (Wildman–Crippen MR) is 87.2 cm³/mol. The number of benzene rings is 1. The number of rotatable bonds is 7. The standard InChI is InChI=1S/C15H17N3O3S/c1-2-20-13-6-4-3-5-12(13)17-14(19)9-21-18-15(16)11-7-8-22-10-11/h3-8,10H,2,9H2,1H3,(H2,16,18)(H,17,19). The Morgan fingerprint density at radius 3 is 2.91 bits per heavy atom. The Balaban J connectivity index is 1.87. The molecule has 0 radical (unpaired) electrons. The van der Waals surface area contributed by atoms with E-state index in [2.05, 4.69) is 10.5 Å². The molecule has 0 unspecified atom stereocenters. The molecule has 1 amide bonds. The van der Waals surface area contributed by atoms with Crippen LogP contribution in [0.5, 0.6) is 5.75 Å². The molecule has 0 bridgehead atoms. The molecule has 0 aliphatic rings. The number of hydrogen-bond donors (Lipinski definition) is 2. The van der Waals surface area contributed by atoms with E-state index in [1.165, 1.54) is 11.3 Å². The number of amidine groups is 1. The van der Waals surface area contributed by atoms with Gasteiger partial charge in [0.1, 0.15) is 5.75 Å². The van der Waals surface area contributed by atoms with Crippen LogP contribution in [0.2, 0.25) is 0 Å². The summed E-state index contributed by atoms with van der Waals surface area (Å²) in [7, 11) is 0. The highest BCUT2D eigenvalue weighted by Gasteiger charge is 2.08. The van der Waals surface area contributed by atoms with Gasteiger partial charge in [0.2, 0.25) is 0 Å². The van der Waals surface area contributed by atoms with Crippen LogP contribution in [0.25, 0.3) is 0 Å². The zero-order chi connectivity index (χ0) is 15.8. The number of para-hydroxylation sites is 2. The number of nitrogens with two attached hydrogens (primary N) is 1. The van der Waals surface area contributed by atoms with Crippen molar-refractivity contribution in [1.82, 2.24) is 0 Å². The summed E-state index contributed by atoms with van der Waals surface area (Å²) in [6, 6.07) is 9.01. The fraction of sp³-hybridized carbons (Fsp3) is 0.200. The molecule has 0 fully saturated rings. The average molecular weight is 319 g/mol. The van der Waals surface area contributed by atoms with Crippen molar-refractivity contribution in [3.8, 4) is 5.75 Å². The normalized spacial score (nSPS) is 11.0. The second-order valence-corrected chi connectivity index (χ2v) is 5.02. The van der Waals surface area contributed by atoms with Crippen molar-refractivity contribution in [3.05, 3.63) is 46.7 Å². The first-order valence-electron chi connectivity index (χ1n) is 6.70. The van der Waals surface area contributed by atoms with Crippen molar-refractivity contribution in [3.63, 3.8) is 0 Å². The summed E-state index contributed by atoms with van der Waals surface area (Å²) < 4.78 is 5.43. The third-order valence-electron chi connectivity index (χ3n) is 2.64. The minimum atomic E-state index is -0.339. The van der Waals surface area contributed by atoms with E-state index in [4.69, 9.17) is 15.3 Å². The van der Waals surface area contributed by atoms with Crippen molar-refractivity contribution < 1.29 is 14.4 Å². The highest BCUT2D eigenvalue weighted by Crippen LogP contribution is 2.23. The van der Waals surface area contributed by atoms with Crippen molar-refractivity contribution in [2.45, 2.75) is 6.92 Å². The lowest BCUT2D eigenvalue weighted by atomic mass is 10.3. The van der Waals surface area contributed by atoms with Crippen LogP contribution in [-0.2, 0) is 9.63 Å². The second-order valence-electron chi connectivity index (χ2n) is 4.24. The van der Waals surface area contributed by atoms with Crippen molar-refractivity contribution >= 4 is 28.8 Å². The first-order valence-corrected chi connectivity index (χ1v) is 7.64. The van der Waals surface area contributed by atoms with Crippen LogP contribution in [0, 0.1) is 0 Å². The molecule has 1 heterocycles. The van der Waals surface area contributed by atoms with Gasteiger partial charge in [-0.2, -0.15) is 11.3 Å². The number of ether oxygens (including phenoxy) is 1. The molecule has 0 aliphatic carbocycles. The number of amides is 1. The summed E-state index contributed by atoms with van der Waals surface area (Å²) in [5.41, 5.74) is 7.08. The Hall–Kier alpha value is -2.54. The SMILES string of the molecule is CCOc1ccccc1NC(=O)CO/N=C(/N)c1ccsc1. The van der Waals surface area contributed by atoms with Gasteiger partial charge >= 0.3 is 0 Å². The van der Waals surface area contributed by atoms with Gasteiger partial charge in [-0.3, -0.25) is 4.79 Å². The fourth-order valence-electron chi connectivity index (χ4n) is 1.66. The molecule has 0 saturated heterocycles. The molecular formula is C15H17N3O3S. The van der Waals surface area contributed by atoms with E-state index in [9.17, 15) is 4.79 Å². The van der Waals surface area contributed by atoms with Gasteiger partial charge in [-0.25, -0.2) is 0 Å². The van der Waals surface area contributed by atoms with Crippen LogP contribution in [0.4, 0.5) is 5.69 Å². The Kier molecular flexibility index (Phi) is 5.79. The molecule has 2 aromatic rings. The topological polar surface area (TPSA) is 85.9 Å². The van der Waals surface area contributed by atoms with E-state index < -0.39 is 0 Å². The zero-order valence-electron chi connectivity index (χ0n) is 12.1. The van der Waals surface area contributed by atoms with Crippen LogP contribution in [0.1, 0.15) is 12.5 Å². The number of carbonyl (C=O) groups excluding carboxylic acids is 1. The van der Waals surface area contributed by atoms with Crippen molar-refractivity contribution in [2.24, 2.45) is 10.9 Å². The lowest BCUT2D eigenvalue weighted by molar-refractivity contribution is -0.120. The number of thiophene rings is 1. The number of carbonyl (C=O) groups is 1. The molecule has 6 nitrogen and oxygen atoms in total. The maximum Gasteiger partial charge on any atom is 0.265 e. The monoisotopic (exact) mass is 319 g/mol. The summed E-state index contributed by atoms with van der Waals surface area (Å²) in [6.45, 7) is 2.17. The summed E-state index contributed by atoms with van der Waals surface area (Å²) in [4.78, 5) is 16.8. The predicted octanol–water partition coefficient (Wildman–Crippen LogP) is 2.42.